The van der Waals surface area contributed by atoms with Crippen molar-refractivity contribution >= 4 is 28.6 Å². The van der Waals surface area contributed by atoms with Gasteiger partial charge in [0.1, 0.15) is 36.6 Å². The number of hydrogen-bond donors (Lipinski definition) is 0. The summed E-state index contributed by atoms with van der Waals surface area (Å²) in [5, 5.41) is 0. The Morgan fingerprint density at radius 2 is 1.39 bits per heavy atom. The SMILES string of the molecule is C=C1C2C[C@@H]3O[C@H]4C[C@@H](C)[C@@H](CI)O[C@H]4[C@H](C)[C@H]3OC(=O)C[C@H]3CC[C@@H]4OC5C6O[C@@H]7C[C@](CC[C@H]8CC(=C)[C@H](CC[C@@H](C[C@H]1C)O2)O8)(O[C@H]6[C@H]4O3)O[C@@H]57. The maximum absolute atomic E-state index is 14.1. The molecule has 0 amide bonds. The summed E-state index contributed by atoms with van der Waals surface area (Å²) in [4.78, 5) is 14.1. The van der Waals surface area contributed by atoms with E-state index in [-0.39, 0.29) is 116 Å². The molecule has 0 saturated carbocycles. The lowest BCUT2D eigenvalue weighted by Crippen LogP contribution is -2.62. The fourth-order valence-corrected chi connectivity index (χ4v) is 13.0. The summed E-state index contributed by atoms with van der Waals surface area (Å²) >= 11 is 2.42. The largest absolute Gasteiger partial charge is 0.459 e. The molecule has 11 fully saturated rings. The van der Waals surface area contributed by atoms with E-state index in [4.69, 9.17) is 47.4 Å². The Kier molecular flexibility index (Phi) is 10.1. The summed E-state index contributed by atoms with van der Waals surface area (Å²) in [5.74, 6) is -0.431. The number of halogens is 1. The Bertz CT molecular complexity index is 1480. The number of esters is 1. The molecule has 11 nitrogen and oxygen atoms in total. The maximum atomic E-state index is 14.1. The molecule has 12 bridgehead atoms. The van der Waals surface area contributed by atoms with E-state index in [1.54, 1.807) is 0 Å². The number of ether oxygens (including phenoxy) is 10. The molecule has 3 unspecified atom stereocenters. The molecule has 0 aromatic carbocycles. The third kappa shape index (κ3) is 6.60. The van der Waals surface area contributed by atoms with Gasteiger partial charge in [0, 0.05) is 29.6 Å². The van der Waals surface area contributed by atoms with Crippen molar-refractivity contribution in [2.45, 2.75) is 207 Å². The topological polar surface area (TPSA) is 109 Å². The van der Waals surface area contributed by atoms with Crippen molar-refractivity contribution in [1.29, 1.82) is 0 Å². The minimum Gasteiger partial charge on any atom is -0.459 e. The van der Waals surface area contributed by atoms with Crippen molar-refractivity contribution in [3.8, 4) is 0 Å². The molecule has 54 heavy (non-hydrogen) atoms. The van der Waals surface area contributed by atoms with Crippen LogP contribution in [0.25, 0.3) is 0 Å². The van der Waals surface area contributed by atoms with Gasteiger partial charge in [-0.1, -0.05) is 56.5 Å². The van der Waals surface area contributed by atoms with Crippen LogP contribution in [0.4, 0.5) is 0 Å². The molecule has 0 aromatic heterocycles. The Morgan fingerprint density at radius 3 is 2.24 bits per heavy atom. The second-order valence-electron chi connectivity index (χ2n) is 18.5. The number of rotatable bonds is 1. The van der Waals surface area contributed by atoms with Crippen molar-refractivity contribution in [3.63, 3.8) is 0 Å². The minimum absolute atomic E-state index is 0.000133. The molecule has 0 radical (unpaired) electrons. The van der Waals surface area contributed by atoms with Gasteiger partial charge in [-0.3, -0.25) is 4.79 Å². The van der Waals surface area contributed by atoms with Crippen LogP contribution in [0.2, 0.25) is 0 Å². The Balaban J connectivity index is 0.938. The fraction of sp³-hybridized carbons (Fsp3) is 0.881. The third-order valence-corrected chi connectivity index (χ3v) is 15.8. The number of fused-ring (bicyclic) bond motifs is 7. The van der Waals surface area contributed by atoms with E-state index in [1.807, 2.05) is 0 Å². The van der Waals surface area contributed by atoms with E-state index < -0.39 is 11.9 Å². The summed E-state index contributed by atoms with van der Waals surface area (Å²) in [6, 6.07) is 0. The van der Waals surface area contributed by atoms with Crippen molar-refractivity contribution in [1.82, 2.24) is 0 Å². The number of carbonyl (C=O) groups excluding carboxylic acids is 1. The van der Waals surface area contributed by atoms with E-state index in [2.05, 4.69) is 56.5 Å². The van der Waals surface area contributed by atoms with Crippen molar-refractivity contribution in [2.24, 2.45) is 17.8 Å². The predicted octanol–water partition coefficient (Wildman–Crippen LogP) is 5.91. The first kappa shape index (κ1) is 37.6. The number of hydrogen-bond acceptors (Lipinski definition) is 11. The first-order chi connectivity index (χ1) is 26.0. The van der Waals surface area contributed by atoms with E-state index in [0.717, 1.165) is 60.5 Å². The van der Waals surface area contributed by atoms with Crippen molar-refractivity contribution < 1.29 is 52.2 Å². The quantitative estimate of drug-likeness (QED) is 0.136. The highest BCUT2D eigenvalue weighted by Gasteiger charge is 2.69. The molecular formula is C42H59IO11. The van der Waals surface area contributed by atoms with E-state index in [9.17, 15) is 4.79 Å². The minimum atomic E-state index is -0.778. The lowest BCUT2D eigenvalue weighted by molar-refractivity contribution is -0.293. The predicted molar refractivity (Wildman–Crippen MR) is 203 cm³/mol. The van der Waals surface area contributed by atoms with Crippen LogP contribution < -0.4 is 0 Å². The second kappa shape index (κ2) is 14.5. The first-order valence-corrected chi connectivity index (χ1v) is 22.6. The van der Waals surface area contributed by atoms with Gasteiger partial charge in [-0.15, -0.1) is 0 Å². The van der Waals surface area contributed by atoms with Gasteiger partial charge in [-0.2, -0.15) is 0 Å². The van der Waals surface area contributed by atoms with Crippen molar-refractivity contribution in [3.05, 3.63) is 24.3 Å². The van der Waals surface area contributed by atoms with Crippen LogP contribution >= 0.6 is 22.6 Å². The van der Waals surface area contributed by atoms with Crippen LogP contribution in [0.5, 0.6) is 0 Å². The molecule has 11 aliphatic rings. The van der Waals surface area contributed by atoms with Gasteiger partial charge in [0.25, 0.3) is 0 Å². The summed E-state index contributed by atoms with van der Waals surface area (Å²) in [5.41, 5.74) is 2.25. The lowest BCUT2D eigenvalue weighted by Gasteiger charge is -2.51. The molecule has 0 aliphatic carbocycles. The average molecular weight is 867 g/mol. The smallest absolute Gasteiger partial charge is 0.308 e. The normalized spacial score (nSPS) is 55.7. The van der Waals surface area contributed by atoms with Crippen LogP contribution in [-0.2, 0) is 52.2 Å². The molecule has 11 aliphatic heterocycles. The monoisotopic (exact) mass is 866 g/mol. The highest BCUT2D eigenvalue weighted by atomic mass is 127. The standard InChI is InChI=1S/C42H59IO11/c1-19-12-24-6-8-27-20(2)13-26(45-27)10-11-42-17-32-38(53-42)39-40(50-32)41(54-42)37-28(49-39)9-7-25(47-37)15-34(44)52-36-23(5)35-30(14-21(3)33(18-43)51-35)48-31(36)16-29(46-24)22(19)4/h19,21,23-33,35-41H,2,4,6-18H2,1,3,5H3/t19-,21-,23+,24+,25-,26+,27+,28+,29?,30+,31+,32-,33-,35+,36-,37+,38-,39?,40?,41+,42+/m1/s1. The molecular weight excluding hydrogens is 807 g/mol. The van der Waals surface area contributed by atoms with Crippen molar-refractivity contribution in [2.75, 3.05) is 4.43 Å². The van der Waals surface area contributed by atoms with Crippen LogP contribution in [-0.4, -0.2) is 120 Å². The molecule has 11 heterocycles. The van der Waals surface area contributed by atoms with Crippen LogP contribution in [0.3, 0.4) is 0 Å². The molecule has 300 valence electrons. The van der Waals surface area contributed by atoms with Gasteiger partial charge in [0.15, 0.2) is 5.79 Å². The van der Waals surface area contributed by atoms with E-state index in [1.165, 1.54) is 0 Å². The Morgan fingerprint density at radius 1 is 0.648 bits per heavy atom. The van der Waals surface area contributed by atoms with Gasteiger partial charge in [0.2, 0.25) is 0 Å². The molecule has 0 N–H and O–H groups in total. The molecule has 11 saturated heterocycles. The fourth-order valence-electron chi connectivity index (χ4n) is 11.9. The van der Waals surface area contributed by atoms with Gasteiger partial charge in [-0.05, 0) is 74.3 Å². The molecule has 21 atom stereocenters. The van der Waals surface area contributed by atoms with E-state index in [0.29, 0.717) is 37.5 Å². The number of alkyl halides is 1. The summed E-state index contributed by atoms with van der Waals surface area (Å²) < 4.78 is 68.6. The van der Waals surface area contributed by atoms with Crippen LogP contribution in [0.1, 0.15) is 97.8 Å². The zero-order chi connectivity index (χ0) is 37.0. The molecule has 1 spiro atoms. The average Bonchev–Trinajstić information content (AvgIpc) is 3.73. The van der Waals surface area contributed by atoms with Gasteiger partial charge >= 0.3 is 5.97 Å². The van der Waals surface area contributed by atoms with Gasteiger partial charge < -0.3 is 47.4 Å². The van der Waals surface area contributed by atoms with Crippen LogP contribution in [0.15, 0.2) is 24.3 Å². The first-order valence-electron chi connectivity index (χ1n) is 21.1. The maximum Gasteiger partial charge on any atom is 0.308 e. The second-order valence-corrected chi connectivity index (χ2v) is 19.4. The van der Waals surface area contributed by atoms with E-state index >= 15 is 0 Å². The third-order valence-electron chi connectivity index (χ3n) is 14.9. The zero-order valence-electron chi connectivity index (χ0n) is 32.0. The van der Waals surface area contributed by atoms with Gasteiger partial charge in [0.05, 0.1) is 73.6 Å². The molecule has 11 rings (SSSR count). The highest BCUT2D eigenvalue weighted by Crippen LogP contribution is 2.54. The summed E-state index contributed by atoms with van der Waals surface area (Å²) in [7, 11) is 0. The summed E-state index contributed by atoms with van der Waals surface area (Å²) in [6.07, 6.45) is 6.00. The van der Waals surface area contributed by atoms with Gasteiger partial charge in [-0.25, -0.2) is 0 Å². The summed E-state index contributed by atoms with van der Waals surface area (Å²) in [6.45, 7) is 15.7. The molecule has 0 aromatic rings. The zero-order valence-corrected chi connectivity index (χ0v) is 34.2. The highest BCUT2D eigenvalue weighted by molar-refractivity contribution is 14.1. The number of carbonyl (C=O) groups is 1. The Hall–Kier alpha value is -0.680. The van der Waals surface area contributed by atoms with Crippen LogP contribution in [0, 0.1) is 17.8 Å². The molecule has 12 heteroatoms. The lowest BCUT2D eigenvalue weighted by atomic mass is 9.78. The Labute approximate surface area is 333 Å².